The van der Waals surface area contributed by atoms with E-state index in [9.17, 15) is 8.42 Å². The normalized spacial score (nSPS) is 20.0. The van der Waals surface area contributed by atoms with Crippen LogP contribution in [0, 0.1) is 0 Å². The van der Waals surface area contributed by atoms with Gasteiger partial charge in [0.25, 0.3) is 10.2 Å². The van der Waals surface area contributed by atoms with E-state index < -0.39 is 10.2 Å². The van der Waals surface area contributed by atoms with E-state index in [0.29, 0.717) is 17.6 Å². The first kappa shape index (κ1) is 16.7. The average molecular weight is 332 g/mol. The van der Waals surface area contributed by atoms with Crippen LogP contribution in [0.3, 0.4) is 0 Å². The third-order valence-corrected chi connectivity index (χ3v) is 5.18. The molecule has 0 radical (unpaired) electrons. The standard InChI is InChI=1S/C14H22ClN3O2S/c1-18-10-2-3-14(18)8-9-16-21(19,20)17-11-12-4-6-13(15)7-5-12/h4-7,14,16-17H,2-3,8-11H2,1H3/t14-/m0/s1. The van der Waals surface area contributed by atoms with Crippen molar-refractivity contribution >= 4 is 21.8 Å². The second-order valence-electron chi connectivity index (χ2n) is 5.41. The fourth-order valence-corrected chi connectivity index (χ4v) is 3.51. The molecule has 1 aromatic rings. The molecule has 2 rings (SSSR count). The quantitative estimate of drug-likeness (QED) is 0.800. The third-order valence-electron chi connectivity index (χ3n) is 3.82. The van der Waals surface area contributed by atoms with E-state index >= 15 is 0 Å². The Morgan fingerprint density at radius 2 is 2.00 bits per heavy atom. The molecule has 1 aromatic carbocycles. The van der Waals surface area contributed by atoms with E-state index in [2.05, 4.69) is 21.4 Å². The molecule has 1 aliphatic heterocycles. The molecule has 0 saturated carbocycles. The Morgan fingerprint density at radius 1 is 1.29 bits per heavy atom. The van der Waals surface area contributed by atoms with Crippen molar-refractivity contribution in [1.29, 1.82) is 0 Å². The lowest BCUT2D eigenvalue weighted by atomic mass is 10.1. The molecule has 0 spiro atoms. The van der Waals surface area contributed by atoms with Crippen molar-refractivity contribution in [2.75, 3.05) is 20.1 Å². The second-order valence-corrected chi connectivity index (χ2v) is 7.43. The van der Waals surface area contributed by atoms with Crippen molar-refractivity contribution in [3.63, 3.8) is 0 Å². The summed E-state index contributed by atoms with van der Waals surface area (Å²) in [7, 11) is -1.36. The van der Waals surface area contributed by atoms with Crippen molar-refractivity contribution in [1.82, 2.24) is 14.3 Å². The molecule has 2 N–H and O–H groups in total. The van der Waals surface area contributed by atoms with Crippen LogP contribution in [-0.2, 0) is 16.8 Å². The Kier molecular flexibility index (Phi) is 6.01. The van der Waals surface area contributed by atoms with Crippen molar-refractivity contribution in [2.24, 2.45) is 0 Å². The van der Waals surface area contributed by atoms with Crippen molar-refractivity contribution in [2.45, 2.75) is 31.8 Å². The number of nitrogens with zero attached hydrogens (tertiary/aromatic N) is 1. The Balaban J connectivity index is 1.72. The zero-order chi connectivity index (χ0) is 15.3. The van der Waals surface area contributed by atoms with Crippen LogP contribution in [0.5, 0.6) is 0 Å². The summed E-state index contributed by atoms with van der Waals surface area (Å²) in [5.41, 5.74) is 0.875. The largest absolute Gasteiger partial charge is 0.303 e. The van der Waals surface area contributed by atoms with Crippen molar-refractivity contribution in [3.05, 3.63) is 34.9 Å². The lowest BCUT2D eigenvalue weighted by Crippen LogP contribution is -2.38. The number of nitrogens with one attached hydrogen (secondary N) is 2. The second kappa shape index (κ2) is 7.56. The molecule has 7 heteroatoms. The zero-order valence-electron chi connectivity index (χ0n) is 12.2. The van der Waals surface area contributed by atoms with Gasteiger partial charge in [-0.25, -0.2) is 4.72 Å². The Hall–Kier alpha value is -0.660. The molecule has 1 aliphatic rings. The summed E-state index contributed by atoms with van der Waals surface area (Å²) in [6.45, 7) is 1.83. The van der Waals surface area contributed by atoms with E-state index in [0.717, 1.165) is 24.9 Å². The molecule has 0 bridgehead atoms. The lowest BCUT2D eigenvalue weighted by Gasteiger charge is -2.19. The molecular formula is C14H22ClN3O2S. The first-order valence-electron chi connectivity index (χ1n) is 7.15. The Labute approximate surface area is 131 Å². The van der Waals surface area contributed by atoms with E-state index in [1.165, 1.54) is 6.42 Å². The summed E-state index contributed by atoms with van der Waals surface area (Å²) in [6.07, 6.45) is 3.19. The zero-order valence-corrected chi connectivity index (χ0v) is 13.8. The molecule has 21 heavy (non-hydrogen) atoms. The summed E-state index contributed by atoms with van der Waals surface area (Å²) < 4.78 is 28.9. The summed E-state index contributed by atoms with van der Waals surface area (Å²) in [6, 6.07) is 7.59. The van der Waals surface area contributed by atoms with E-state index in [1.54, 1.807) is 24.3 Å². The van der Waals surface area contributed by atoms with Gasteiger partial charge in [-0.05, 0) is 50.6 Å². The predicted molar refractivity (Wildman–Crippen MR) is 85.5 cm³/mol. The van der Waals surface area contributed by atoms with Crippen LogP contribution in [0.2, 0.25) is 5.02 Å². The molecule has 1 heterocycles. The average Bonchev–Trinajstić information content (AvgIpc) is 2.84. The predicted octanol–water partition coefficient (Wildman–Crippen LogP) is 1.75. The summed E-state index contributed by atoms with van der Waals surface area (Å²) >= 11 is 5.79. The van der Waals surface area contributed by atoms with E-state index in [-0.39, 0.29) is 6.54 Å². The SMILES string of the molecule is CN1CCC[C@H]1CCNS(=O)(=O)NCc1ccc(Cl)cc1. The maximum atomic E-state index is 11.9. The molecule has 0 aliphatic carbocycles. The lowest BCUT2D eigenvalue weighted by molar-refractivity contribution is 0.297. The van der Waals surface area contributed by atoms with Gasteiger partial charge in [0.15, 0.2) is 0 Å². The van der Waals surface area contributed by atoms with Crippen molar-refractivity contribution in [3.8, 4) is 0 Å². The smallest absolute Gasteiger partial charge is 0.277 e. The molecule has 5 nitrogen and oxygen atoms in total. The number of likely N-dealkylation sites (tertiary alicyclic amines) is 1. The molecule has 0 amide bonds. The minimum absolute atomic E-state index is 0.260. The van der Waals surface area contributed by atoms with Gasteiger partial charge in [-0.1, -0.05) is 23.7 Å². The van der Waals surface area contributed by atoms with Crippen LogP contribution in [0.1, 0.15) is 24.8 Å². The van der Waals surface area contributed by atoms with Gasteiger partial charge < -0.3 is 4.90 Å². The van der Waals surface area contributed by atoms with Gasteiger partial charge in [-0.3, -0.25) is 0 Å². The minimum Gasteiger partial charge on any atom is -0.303 e. The van der Waals surface area contributed by atoms with Crippen molar-refractivity contribution < 1.29 is 8.42 Å². The van der Waals surface area contributed by atoms with Gasteiger partial charge in [-0.2, -0.15) is 13.1 Å². The number of halogens is 1. The summed E-state index contributed by atoms with van der Waals surface area (Å²) in [4.78, 5) is 2.29. The van der Waals surface area contributed by atoms with Crippen LogP contribution >= 0.6 is 11.6 Å². The monoisotopic (exact) mass is 331 g/mol. The third kappa shape index (κ3) is 5.56. The van der Waals surface area contributed by atoms with Crippen LogP contribution < -0.4 is 9.44 Å². The van der Waals surface area contributed by atoms with Gasteiger partial charge in [0.2, 0.25) is 0 Å². The number of hydrogen-bond donors (Lipinski definition) is 2. The van der Waals surface area contributed by atoms with Gasteiger partial charge >= 0.3 is 0 Å². The number of rotatable bonds is 7. The molecule has 0 unspecified atom stereocenters. The van der Waals surface area contributed by atoms with Gasteiger partial charge in [0, 0.05) is 24.2 Å². The number of hydrogen-bond acceptors (Lipinski definition) is 3. The van der Waals surface area contributed by atoms with E-state index in [4.69, 9.17) is 11.6 Å². The minimum atomic E-state index is -3.45. The van der Waals surface area contributed by atoms with Gasteiger partial charge in [0.05, 0.1) is 0 Å². The maximum Gasteiger partial charge on any atom is 0.277 e. The fraction of sp³-hybridized carbons (Fsp3) is 0.571. The summed E-state index contributed by atoms with van der Waals surface area (Å²) in [5.74, 6) is 0. The Morgan fingerprint density at radius 3 is 2.62 bits per heavy atom. The molecule has 0 aromatic heterocycles. The maximum absolute atomic E-state index is 11.9. The summed E-state index contributed by atoms with van der Waals surface area (Å²) in [5, 5.41) is 0.639. The topological polar surface area (TPSA) is 61.4 Å². The molecule has 1 fully saturated rings. The van der Waals surface area contributed by atoms with Crippen LogP contribution in [-0.4, -0.2) is 39.5 Å². The first-order chi connectivity index (χ1) is 9.96. The molecule has 1 atom stereocenters. The Bertz CT molecular complexity index is 548. The van der Waals surface area contributed by atoms with Crippen LogP contribution in [0.25, 0.3) is 0 Å². The number of benzene rings is 1. The molecule has 1 saturated heterocycles. The van der Waals surface area contributed by atoms with Gasteiger partial charge in [0.1, 0.15) is 0 Å². The highest BCUT2D eigenvalue weighted by atomic mass is 35.5. The fourth-order valence-electron chi connectivity index (χ4n) is 2.54. The van der Waals surface area contributed by atoms with Crippen LogP contribution in [0.15, 0.2) is 24.3 Å². The first-order valence-corrected chi connectivity index (χ1v) is 9.01. The van der Waals surface area contributed by atoms with Gasteiger partial charge in [-0.15, -0.1) is 0 Å². The highest BCUT2D eigenvalue weighted by Crippen LogP contribution is 2.17. The molecule has 118 valence electrons. The molecular weight excluding hydrogens is 310 g/mol. The highest BCUT2D eigenvalue weighted by Gasteiger charge is 2.20. The highest BCUT2D eigenvalue weighted by molar-refractivity contribution is 7.87. The van der Waals surface area contributed by atoms with E-state index in [1.807, 2.05) is 0 Å². The van der Waals surface area contributed by atoms with Crippen LogP contribution in [0.4, 0.5) is 0 Å².